The Balaban J connectivity index is 1.19. The van der Waals surface area contributed by atoms with Crippen LogP contribution < -0.4 is 26.2 Å². The van der Waals surface area contributed by atoms with E-state index in [-0.39, 0.29) is 30.0 Å². The Kier molecular flexibility index (Phi) is 7.18. The number of piperidine rings is 1. The first-order valence-corrected chi connectivity index (χ1v) is 12.9. The Morgan fingerprint density at radius 1 is 0.941 bits per heavy atom. The third-order valence-corrected chi connectivity index (χ3v) is 7.70. The summed E-state index contributed by atoms with van der Waals surface area (Å²) in [6.07, 6.45) is 4.04. The molecule has 1 saturated carbocycles. The van der Waals surface area contributed by atoms with Crippen LogP contribution in [0.3, 0.4) is 0 Å². The van der Waals surface area contributed by atoms with Crippen LogP contribution in [0.4, 0.5) is 0 Å². The molecule has 4 unspecified atom stereocenters. The van der Waals surface area contributed by atoms with Crippen LogP contribution >= 0.6 is 0 Å². The Morgan fingerprint density at radius 3 is 2.50 bits per heavy atom. The van der Waals surface area contributed by atoms with Crippen molar-refractivity contribution in [2.75, 3.05) is 13.1 Å². The highest BCUT2D eigenvalue weighted by atomic mass is 16.5. The second-order valence-corrected chi connectivity index (χ2v) is 10.5. The molecule has 3 fully saturated rings. The van der Waals surface area contributed by atoms with Gasteiger partial charge in [-0.05, 0) is 74.6 Å². The lowest BCUT2D eigenvalue weighted by Gasteiger charge is -2.35. The molecule has 0 radical (unpaired) electrons. The number of fused-ring (bicyclic) bond motifs is 1. The topological polar surface area (TPSA) is 74.4 Å². The van der Waals surface area contributed by atoms with Crippen molar-refractivity contribution in [1.82, 2.24) is 21.5 Å². The molecule has 3 aliphatic rings. The lowest BCUT2D eigenvalue weighted by molar-refractivity contribution is -0.127. The van der Waals surface area contributed by atoms with Crippen LogP contribution in [0, 0.1) is 11.8 Å². The maximum absolute atomic E-state index is 13.3. The second kappa shape index (κ2) is 10.5. The molecule has 2 aliphatic heterocycles. The number of hydrogen-bond donors (Lipinski definition) is 4. The van der Waals surface area contributed by atoms with Gasteiger partial charge >= 0.3 is 0 Å². The van der Waals surface area contributed by atoms with E-state index < -0.39 is 0 Å². The van der Waals surface area contributed by atoms with E-state index in [1.54, 1.807) is 0 Å². The van der Waals surface area contributed by atoms with Crippen LogP contribution in [-0.2, 0) is 4.79 Å². The van der Waals surface area contributed by atoms with Gasteiger partial charge in [0.1, 0.15) is 5.75 Å². The number of ether oxygens (including phenoxy) is 1. The maximum atomic E-state index is 13.3. The first-order valence-electron chi connectivity index (χ1n) is 12.9. The predicted octanol–water partition coefficient (Wildman–Crippen LogP) is 3.67. The second-order valence-electron chi connectivity index (χ2n) is 10.5. The molecule has 0 aromatic heterocycles. The molecular formula is C28H38N4O2. The van der Waals surface area contributed by atoms with E-state index in [2.05, 4.69) is 76.1 Å². The van der Waals surface area contributed by atoms with Crippen molar-refractivity contribution in [2.45, 2.75) is 69.7 Å². The van der Waals surface area contributed by atoms with Gasteiger partial charge in [-0.15, -0.1) is 0 Å². The van der Waals surface area contributed by atoms with Crippen LogP contribution in [0.25, 0.3) is 0 Å². The molecule has 6 atom stereocenters. The molecule has 0 spiro atoms. The molecule has 6 heteroatoms. The van der Waals surface area contributed by atoms with Gasteiger partial charge in [0.2, 0.25) is 5.91 Å². The molecule has 4 N–H and O–H groups in total. The summed E-state index contributed by atoms with van der Waals surface area (Å²) in [5, 5.41) is 6.92. The average molecular weight is 463 g/mol. The molecule has 34 heavy (non-hydrogen) atoms. The fourth-order valence-electron chi connectivity index (χ4n) is 6.00. The zero-order valence-electron chi connectivity index (χ0n) is 20.3. The predicted molar refractivity (Wildman–Crippen MR) is 134 cm³/mol. The van der Waals surface area contributed by atoms with Gasteiger partial charge in [-0.25, -0.2) is 5.43 Å². The van der Waals surface area contributed by atoms with E-state index in [9.17, 15) is 4.79 Å². The zero-order chi connectivity index (χ0) is 23.5. The van der Waals surface area contributed by atoms with E-state index >= 15 is 0 Å². The van der Waals surface area contributed by atoms with Gasteiger partial charge in [-0.2, -0.15) is 0 Å². The number of nitrogens with one attached hydrogen (secondary N) is 4. The quantitative estimate of drug-likeness (QED) is 0.527. The SMILES string of the molecule is CC(C)Oc1ccc(C2NNC3CCC(C(=O)N[C@@H]4CNC[C@H](c5ccccc5)C4)CC32)cc1. The summed E-state index contributed by atoms with van der Waals surface area (Å²) >= 11 is 0. The highest BCUT2D eigenvalue weighted by molar-refractivity contribution is 5.79. The van der Waals surface area contributed by atoms with Crippen LogP contribution in [0.5, 0.6) is 5.75 Å². The molecule has 2 aromatic rings. The summed E-state index contributed by atoms with van der Waals surface area (Å²) in [6.45, 7) is 5.91. The highest BCUT2D eigenvalue weighted by Gasteiger charge is 2.43. The highest BCUT2D eigenvalue weighted by Crippen LogP contribution is 2.41. The summed E-state index contributed by atoms with van der Waals surface area (Å²) in [5.41, 5.74) is 9.60. The summed E-state index contributed by atoms with van der Waals surface area (Å²) in [7, 11) is 0. The van der Waals surface area contributed by atoms with E-state index in [0.29, 0.717) is 17.9 Å². The minimum atomic E-state index is 0.0751. The largest absolute Gasteiger partial charge is 0.491 e. The smallest absolute Gasteiger partial charge is 0.223 e. The van der Waals surface area contributed by atoms with Crippen LogP contribution in [0.2, 0.25) is 0 Å². The summed E-state index contributed by atoms with van der Waals surface area (Å²) in [5.74, 6) is 2.06. The summed E-state index contributed by atoms with van der Waals surface area (Å²) < 4.78 is 5.80. The van der Waals surface area contributed by atoms with E-state index in [1.807, 2.05) is 13.8 Å². The summed E-state index contributed by atoms with van der Waals surface area (Å²) in [6, 6.07) is 19.9. The van der Waals surface area contributed by atoms with E-state index in [4.69, 9.17) is 4.74 Å². The van der Waals surface area contributed by atoms with E-state index in [0.717, 1.165) is 44.5 Å². The van der Waals surface area contributed by atoms with Crippen molar-refractivity contribution in [3.63, 3.8) is 0 Å². The standard InChI is InChI=1S/C28H38N4O2/c1-18(2)34-24-11-8-20(9-12-24)27-25-15-21(10-13-26(25)31-32-27)28(33)30-23-14-22(16-29-17-23)19-6-4-3-5-7-19/h3-9,11-12,18,21-23,25-27,29,31-32H,10,13-17H2,1-2H3,(H,30,33)/t21?,22-,23+,25?,26?,27?/m1/s1. The molecule has 182 valence electrons. The Morgan fingerprint density at radius 2 is 1.74 bits per heavy atom. The van der Waals surface area contributed by atoms with Gasteiger partial charge < -0.3 is 15.4 Å². The number of rotatable bonds is 6. The fraction of sp³-hybridized carbons (Fsp3) is 0.536. The van der Waals surface area contributed by atoms with Crippen molar-refractivity contribution in [2.24, 2.45) is 11.8 Å². The third-order valence-electron chi connectivity index (χ3n) is 7.70. The monoisotopic (exact) mass is 462 g/mol. The Labute approximate surface area is 203 Å². The van der Waals surface area contributed by atoms with Crippen LogP contribution in [0.15, 0.2) is 54.6 Å². The molecule has 5 rings (SSSR count). The molecular weight excluding hydrogens is 424 g/mol. The van der Waals surface area contributed by atoms with Gasteiger partial charge in [0.05, 0.1) is 12.1 Å². The third kappa shape index (κ3) is 5.29. The number of amides is 1. The van der Waals surface area contributed by atoms with E-state index in [1.165, 1.54) is 11.1 Å². The number of benzene rings is 2. The number of carbonyl (C=O) groups excluding carboxylic acids is 1. The van der Waals surface area contributed by atoms with Gasteiger partial charge in [0.15, 0.2) is 0 Å². The fourth-order valence-corrected chi connectivity index (χ4v) is 6.00. The lowest BCUT2D eigenvalue weighted by atomic mass is 9.74. The number of carbonyl (C=O) groups is 1. The molecule has 2 aromatic carbocycles. The minimum Gasteiger partial charge on any atom is -0.491 e. The van der Waals surface area contributed by atoms with Gasteiger partial charge in [0, 0.05) is 31.1 Å². The van der Waals surface area contributed by atoms with Crippen LogP contribution in [-0.4, -0.2) is 37.2 Å². The number of hydrazine groups is 1. The maximum Gasteiger partial charge on any atom is 0.223 e. The average Bonchev–Trinajstić information content (AvgIpc) is 3.28. The number of hydrogen-bond acceptors (Lipinski definition) is 5. The van der Waals surface area contributed by atoms with Crippen molar-refractivity contribution >= 4 is 5.91 Å². The molecule has 0 bridgehead atoms. The molecule has 6 nitrogen and oxygen atoms in total. The van der Waals surface area contributed by atoms with Crippen molar-refractivity contribution < 1.29 is 9.53 Å². The Hall–Kier alpha value is -2.41. The van der Waals surface area contributed by atoms with Crippen LogP contribution in [0.1, 0.15) is 62.6 Å². The lowest BCUT2D eigenvalue weighted by Crippen LogP contribution is -2.50. The first kappa shape index (κ1) is 23.3. The van der Waals surface area contributed by atoms with Crippen molar-refractivity contribution in [3.8, 4) is 5.75 Å². The minimum absolute atomic E-state index is 0.0751. The van der Waals surface area contributed by atoms with Crippen molar-refractivity contribution in [1.29, 1.82) is 0 Å². The van der Waals surface area contributed by atoms with Gasteiger partial charge in [0.25, 0.3) is 0 Å². The van der Waals surface area contributed by atoms with Crippen molar-refractivity contribution in [3.05, 3.63) is 65.7 Å². The zero-order valence-corrected chi connectivity index (χ0v) is 20.3. The molecule has 2 heterocycles. The first-order chi connectivity index (χ1) is 16.6. The Bertz CT molecular complexity index is 949. The van der Waals surface area contributed by atoms with Gasteiger partial charge in [-0.3, -0.25) is 10.2 Å². The summed E-state index contributed by atoms with van der Waals surface area (Å²) in [4.78, 5) is 13.3. The normalized spacial score (nSPS) is 31.1. The molecule has 1 amide bonds. The molecule has 2 saturated heterocycles. The molecule has 1 aliphatic carbocycles. The van der Waals surface area contributed by atoms with Gasteiger partial charge in [-0.1, -0.05) is 42.5 Å².